The minimum atomic E-state index is -0.164. The molecule has 0 aliphatic rings. The standard InChI is InChI=1S/C21H19NO3S/c1-14-8-9-16(11-15(14)2)19(23)13-25-18-6-3-5-17(12-18)22-21(24)20-7-4-10-26-20/h3-12H,13H2,1-2H3,(H,22,24). The van der Waals surface area contributed by atoms with Crippen molar-refractivity contribution in [3.63, 3.8) is 0 Å². The van der Waals surface area contributed by atoms with Crippen LogP contribution in [-0.2, 0) is 0 Å². The maximum atomic E-state index is 12.3. The van der Waals surface area contributed by atoms with Crippen LogP contribution in [0.4, 0.5) is 5.69 Å². The highest BCUT2D eigenvalue weighted by atomic mass is 32.1. The molecule has 26 heavy (non-hydrogen) atoms. The quantitative estimate of drug-likeness (QED) is 0.634. The Kier molecular flexibility index (Phi) is 5.49. The highest BCUT2D eigenvalue weighted by Crippen LogP contribution is 2.20. The van der Waals surface area contributed by atoms with E-state index in [2.05, 4.69) is 5.32 Å². The molecule has 0 saturated heterocycles. The summed E-state index contributed by atoms with van der Waals surface area (Å²) in [4.78, 5) is 25.0. The van der Waals surface area contributed by atoms with Crippen LogP contribution in [0.2, 0.25) is 0 Å². The Hall–Kier alpha value is -2.92. The molecule has 0 atom stereocenters. The van der Waals surface area contributed by atoms with Crippen LogP contribution in [0.1, 0.15) is 31.2 Å². The first kappa shape index (κ1) is 17.9. The number of benzene rings is 2. The number of ketones is 1. The largest absolute Gasteiger partial charge is 0.485 e. The van der Waals surface area contributed by atoms with Crippen molar-refractivity contribution < 1.29 is 14.3 Å². The predicted molar refractivity (Wildman–Crippen MR) is 104 cm³/mol. The average molecular weight is 365 g/mol. The fourth-order valence-corrected chi connectivity index (χ4v) is 3.03. The van der Waals surface area contributed by atoms with Gasteiger partial charge in [0.25, 0.3) is 5.91 Å². The smallest absolute Gasteiger partial charge is 0.265 e. The predicted octanol–water partition coefficient (Wildman–Crippen LogP) is 4.88. The van der Waals surface area contributed by atoms with Crippen molar-refractivity contribution in [1.82, 2.24) is 0 Å². The molecule has 5 heteroatoms. The van der Waals surface area contributed by atoms with Gasteiger partial charge in [0, 0.05) is 17.3 Å². The maximum absolute atomic E-state index is 12.3. The Bertz CT molecular complexity index is 932. The van der Waals surface area contributed by atoms with Crippen molar-refractivity contribution >= 4 is 28.7 Å². The molecule has 0 saturated carbocycles. The number of carbonyl (C=O) groups excluding carboxylic acids is 2. The molecule has 0 bridgehead atoms. The number of carbonyl (C=O) groups is 2. The first-order valence-corrected chi connectivity index (χ1v) is 9.09. The summed E-state index contributed by atoms with van der Waals surface area (Å²) in [6.07, 6.45) is 0. The van der Waals surface area contributed by atoms with Crippen LogP contribution in [0.5, 0.6) is 5.75 Å². The summed E-state index contributed by atoms with van der Waals surface area (Å²) in [5, 5.41) is 4.68. The monoisotopic (exact) mass is 365 g/mol. The van der Waals surface area contributed by atoms with Crippen LogP contribution in [0.25, 0.3) is 0 Å². The highest BCUT2D eigenvalue weighted by molar-refractivity contribution is 7.12. The highest BCUT2D eigenvalue weighted by Gasteiger charge is 2.10. The zero-order valence-electron chi connectivity index (χ0n) is 14.6. The fourth-order valence-electron chi connectivity index (χ4n) is 2.41. The Labute approximate surface area is 156 Å². The van der Waals surface area contributed by atoms with Gasteiger partial charge in [-0.1, -0.05) is 24.3 Å². The van der Waals surface area contributed by atoms with Crippen LogP contribution < -0.4 is 10.1 Å². The summed E-state index contributed by atoms with van der Waals surface area (Å²) in [7, 11) is 0. The molecule has 0 unspecified atom stereocenters. The van der Waals surface area contributed by atoms with E-state index in [4.69, 9.17) is 4.74 Å². The molecular weight excluding hydrogens is 346 g/mol. The third-order valence-corrected chi connectivity index (χ3v) is 4.90. The number of Topliss-reactive ketones (excluding diaryl/α,β-unsaturated/α-hetero) is 1. The molecule has 0 radical (unpaired) electrons. The van der Waals surface area contributed by atoms with E-state index in [1.165, 1.54) is 11.3 Å². The molecule has 4 nitrogen and oxygen atoms in total. The number of amides is 1. The molecule has 132 valence electrons. The summed E-state index contributed by atoms with van der Waals surface area (Å²) in [5.41, 5.74) is 3.49. The van der Waals surface area contributed by atoms with Gasteiger partial charge in [0.05, 0.1) is 4.88 Å². The molecule has 0 fully saturated rings. The second kappa shape index (κ2) is 7.97. The van der Waals surface area contributed by atoms with Crippen LogP contribution >= 0.6 is 11.3 Å². The van der Waals surface area contributed by atoms with Crippen molar-refractivity contribution in [2.24, 2.45) is 0 Å². The molecule has 3 aromatic rings. The summed E-state index contributed by atoms with van der Waals surface area (Å²) < 4.78 is 5.61. The van der Waals surface area contributed by atoms with Crippen LogP contribution in [0.3, 0.4) is 0 Å². The van der Waals surface area contributed by atoms with E-state index < -0.39 is 0 Å². The number of hydrogen-bond acceptors (Lipinski definition) is 4. The fraction of sp³-hybridized carbons (Fsp3) is 0.143. The van der Waals surface area contributed by atoms with Gasteiger partial charge in [-0.2, -0.15) is 0 Å². The summed E-state index contributed by atoms with van der Waals surface area (Å²) >= 11 is 1.38. The van der Waals surface area contributed by atoms with Gasteiger partial charge in [-0.25, -0.2) is 0 Å². The number of rotatable bonds is 6. The molecule has 3 rings (SSSR count). The van der Waals surface area contributed by atoms with Crippen molar-refractivity contribution in [1.29, 1.82) is 0 Å². The molecule has 1 heterocycles. The normalized spacial score (nSPS) is 10.4. The summed E-state index contributed by atoms with van der Waals surface area (Å²) in [6, 6.07) is 16.2. The first-order valence-electron chi connectivity index (χ1n) is 8.21. The number of thiophene rings is 1. The second-order valence-electron chi connectivity index (χ2n) is 5.97. The van der Waals surface area contributed by atoms with Gasteiger partial charge in [0.15, 0.2) is 12.4 Å². The molecule has 2 aromatic carbocycles. The minimum Gasteiger partial charge on any atom is -0.485 e. The number of aryl methyl sites for hydroxylation is 2. The molecule has 0 spiro atoms. The maximum Gasteiger partial charge on any atom is 0.265 e. The van der Waals surface area contributed by atoms with Gasteiger partial charge in [-0.3, -0.25) is 9.59 Å². The van der Waals surface area contributed by atoms with Gasteiger partial charge in [0.2, 0.25) is 0 Å². The second-order valence-corrected chi connectivity index (χ2v) is 6.92. The van der Waals surface area contributed by atoms with Crippen molar-refractivity contribution in [3.8, 4) is 5.75 Å². The van der Waals surface area contributed by atoms with E-state index >= 15 is 0 Å². The average Bonchev–Trinajstić information content (AvgIpc) is 3.17. The first-order chi connectivity index (χ1) is 12.5. The summed E-state index contributed by atoms with van der Waals surface area (Å²) in [6.45, 7) is 3.94. The third-order valence-electron chi connectivity index (χ3n) is 4.04. The topological polar surface area (TPSA) is 55.4 Å². The number of nitrogens with one attached hydrogen (secondary N) is 1. The molecule has 0 aliphatic heterocycles. The van der Waals surface area contributed by atoms with Crippen molar-refractivity contribution in [3.05, 3.63) is 81.5 Å². The van der Waals surface area contributed by atoms with Crippen LogP contribution in [-0.4, -0.2) is 18.3 Å². The molecule has 1 N–H and O–H groups in total. The van der Waals surface area contributed by atoms with E-state index in [0.717, 1.165) is 11.1 Å². The lowest BCUT2D eigenvalue weighted by Gasteiger charge is -2.09. The lowest BCUT2D eigenvalue weighted by Crippen LogP contribution is -2.13. The third kappa shape index (κ3) is 4.37. The zero-order valence-corrected chi connectivity index (χ0v) is 15.4. The van der Waals surface area contributed by atoms with E-state index in [1.54, 1.807) is 30.3 Å². The van der Waals surface area contributed by atoms with Crippen LogP contribution in [0, 0.1) is 13.8 Å². The Balaban J connectivity index is 1.62. The van der Waals surface area contributed by atoms with E-state index in [0.29, 0.717) is 21.9 Å². The van der Waals surface area contributed by atoms with Crippen LogP contribution in [0.15, 0.2) is 60.0 Å². The zero-order chi connectivity index (χ0) is 18.5. The number of hydrogen-bond donors (Lipinski definition) is 1. The molecule has 0 aliphatic carbocycles. The van der Waals surface area contributed by atoms with E-state index in [9.17, 15) is 9.59 Å². The Morgan fingerprint density at radius 1 is 1.00 bits per heavy atom. The van der Waals surface area contributed by atoms with Crippen molar-refractivity contribution in [2.75, 3.05) is 11.9 Å². The molecule has 1 amide bonds. The van der Waals surface area contributed by atoms with E-state index in [-0.39, 0.29) is 18.3 Å². The summed E-state index contributed by atoms with van der Waals surface area (Å²) in [5.74, 6) is 0.288. The molecule has 1 aromatic heterocycles. The van der Waals surface area contributed by atoms with Crippen molar-refractivity contribution in [2.45, 2.75) is 13.8 Å². The lowest BCUT2D eigenvalue weighted by molar-refractivity contribution is 0.0920. The SMILES string of the molecule is Cc1ccc(C(=O)COc2cccc(NC(=O)c3cccs3)c2)cc1C. The van der Waals surface area contributed by atoms with Gasteiger partial charge < -0.3 is 10.1 Å². The number of ether oxygens (including phenoxy) is 1. The minimum absolute atomic E-state index is 0.0508. The lowest BCUT2D eigenvalue weighted by atomic mass is 10.0. The molecular formula is C21H19NO3S. The Morgan fingerprint density at radius 2 is 1.85 bits per heavy atom. The Morgan fingerprint density at radius 3 is 2.58 bits per heavy atom. The van der Waals surface area contributed by atoms with E-state index in [1.807, 2.05) is 43.5 Å². The van der Waals surface area contributed by atoms with Gasteiger partial charge in [-0.15, -0.1) is 11.3 Å². The van der Waals surface area contributed by atoms with Gasteiger partial charge >= 0.3 is 0 Å². The van der Waals surface area contributed by atoms with Gasteiger partial charge in [0.1, 0.15) is 5.75 Å². The number of anilines is 1. The van der Waals surface area contributed by atoms with Gasteiger partial charge in [-0.05, 0) is 54.6 Å².